The topological polar surface area (TPSA) is 46.9 Å². The fourth-order valence-electron chi connectivity index (χ4n) is 4.86. The number of nitrogens with zero attached hydrogens (tertiary/aromatic N) is 2. The van der Waals surface area contributed by atoms with E-state index in [1.54, 1.807) is 12.5 Å². The molecule has 1 N–H and O–H groups in total. The second-order valence-electron chi connectivity index (χ2n) is 9.11. The van der Waals surface area contributed by atoms with Crippen LogP contribution in [-0.2, 0) is 12.8 Å². The van der Waals surface area contributed by atoms with Gasteiger partial charge in [-0.25, -0.2) is 4.98 Å². The summed E-state index contributed by atoms with van der Waals surface area (Å²) in [6.45, 7) is 2.22. The van der Waals surface area contributed by atoms with Crippen molar-refractivity contribution >= 4 is 5.91 Å². The average molecular weight is 450 g/mol. The lowest BCUT2D eigenvalue weighted by Crippen LogP contribution is -2.32. The van der Waals surface area contributed by atoms with Crippen LogP contribution in [0.1, 0.15) is 65.8 Å². The number of imidazole rings is 1. The molecule has 5 rings (SSSR count). The third-order valence-corrected chi connectivity index (χ3v) is 6.80. The molecule has 34 heavy (non-hydrogen) atoms. The zero-order valence-electron chi connectivity index (χ0n) is 19.7. The molecule has 1 aliphatic rings. The Labute approximate surface area is 201 Å². The van der Waals surface area contributed by atoms with E-state index in [0.717, 1.165) is 36.9 Å². The lowest BCUT2D eigenvalue weighted by Gasteiger charge is -2.26. The van der Waals surface area contributed by atoms with Gasteiger partial charge in [0.2, 0.25) is 0 Å². The van der Waals surface area contributed by atoms with E-state index in [4.69, 9.17) is 0 Å². The fourth-order valence-corrected chi connectivity index (χ4v) is 4.86. The van der Waals surface area contributed by atoms with Crippen LogP contribution in [0, 0.1) is 0 Å². The van der Waals surface area contributed by atoms with Crippen molar-refractivity contribution in [1.82, 2.24) is 14.9 Å². The molecule has 0 saturated carbocycles. The molecule has 1 heterocycles. The van der Waals surface area contributed by atoms with Crippen molar-refractivity contribution in [2.75, 3.05) is 0 Å². The van der Waals surface area contributed by atoms with E-state index in [1.165, 1.54) is 35.1 Å². The molecule has 1 amide bonds. The highest BCUT2D eigenvalue weighted by Gasteiger charge is 2.23. The van der Waals surface area contributed by atoms with E-state index >= 15 is 0 Å². The normalized spacial score (nSPS) is 15.0. The Balaban J connectivity index is 1.32. The summed E-state index contributed by atoms with van der Waals surface area (Å²) in [6.07, 6.45) is 10.1. The van der Waals surface area contributed by atoms with Crippen LogP contribution in [0.15, 0.2) is 85.3 Å². The number of aryl methyl sites for hydroxylation is 2. The van der Waals surface area contributed by atoms with Crippen LogP contribution in [0.4, 0.5) is 0 Å². The van der Waals surface area contributed by atoms with Crippen molar-refractivity contribution in [3.05, 3.63) is 108 Å². The number of fused-ring (bicyclic) bond motifs is 1. The molecule has 172 valence electrons. The summed E-state index contributed by atoms with van der Waals surface area (Å²) in [4.78, 5) is 17.5. The highest BCUT2D eigenvalue weighted by molar-refractivity contribution is 5.93. The fraction of sp³-hybridized carbons (Fsp3) is 0.267. The van der Waals surface area contributed by atoms with Gasteiger partial charge in [-0.05, 0) is 72.1 Å². The van der Waals surface area contributed by atoms with Crippen LogP contribution in [0.5, 0.6) is 0 Å². The van der Waals surface area contributed by atoms with Gasteiger partial charge in [0.15, 0.2) is 0 Å². The summed E-state index contributed by atoms with van der Waals surface area (Å²) >= 11 is 0. The van der Waals surface area contributed by atoms with Gasteiger partial charge < -0.3 is 5.32 Å². The van der Waals surface area contributed by atoms with Crippen molar-refractivity contribution in [3.63, 3.8) is 0 Å². The van der Waals surface area contributed by atoms with Gasteiger partial charge in [-0.2, -0.15) is 0 Å². The first kappa shape index (κ1) is 22.1. The van der Waals surface area contributed by atoms with E-state index in [9.17, 15) is 4.79 Å². The van der Waals surface area contributed by atoms with Crippen LogP contribution in [0.2, 0.25) is 0 Å². The van der Waals surface area contributed by atoms with Gasteiger partial charge in [-0.1, -0.05) is 74.0 Å². The Morgan fingerprint density at radius 3 is 2.50 bits per heavy atom. The lowest BCUT2D eigenvalue weighted by molar-refractivity contribution is 0.0926. The third kappa shape index (κ3) is 4.67. The largest absolute Gasteiger partial charge is 0.344 e. The summed E-state index contributed by atoms with van der Waals surface area (Å²) in [5.74, 6) is -0.0917. The van der Waals surface area contributed by atoms with Crippen LogP contribution >= 0.6 is 0 Å². The first-order valence-corrected chi connectivity index (χ1v) is 12.3. The number of nitrogens with one attached hydrogen (secondary N) is 1. The maximum absolute atomic E-state index is 13.2. The molecule has 0 aliphatic heterocycles. The molecular formula is C30H31N3O. The maximum atomic E-state index is 13.2. The molecule has 0 saturated heterocycles. The Morgan fingerprint density at radius 1 is 1.00 bits per heavy atom. The van der Waals surface area contributed by atoms with Crippen molar-refractivity contribution in [2.24, 2.45) is 0 Å². The third-order valence-electron chi connectivity index (χ3n) is 6.80. The van der Waals surface area contributed by atoms with Gasteiger partial charge in [0.1, 0.15) is 5.69 Å². The molecule has 1 atom stereocenters. The SMILES string of the molecule is CCCCc1ccc(-c2ccc(-n3cncc3C(=O)N[C@@H]3CCCc4ccccc43)cc2)cc1. The predicted octanol–water partition coefficient (Wildman–Crippen LogP) is 6.69. The molecule has 0 fully saturated rings. The van der Waals surface area contributed by atoms with Gasteiger partial charge in [0.25, 0.3) is 5.91 Å². The first-order valence-electron chi connectivity index (χ1n) is 12.3. The monoisotopic (exact) mass is 449 g/mol. The van der Waals surface area contributed by atoms with E-state index < -0.39 is 0 Å². The number of carbonyl (C=O) groups is 1. The maximum Gasteiger partial charge on any atom is 0.270 e. The Bertz CT molecular complexity index is 1250. The minimum Gasteiger partial charge on any atom is -0.344 e. The van der Waals surface area contributed by atoms with Crippen molar-refractivity contribution in [1.29, 1.82) is 0 Å². The minimum absolute atomic E-state index is 0.0449. The first-order chi connectivity index (χ1) is 16.7. The molecule has 4 nitrogen and oxygen atoms in total. The van der Waals surface area contributed by atoms with E-state index in [1.807, 2.05) is 10.6 Å². The summed E-state index contributed by atoms with van der Waals surface area (Å²) in [7, 11) is 0. The lowest BCUT2D eigenvalue weighted by atomic mass is 9.88. The smallest absolute Gasteiger partial charge is 0.270 e. The second kappa shape index (κ2) is 10.1. The molecule has 0 unspecified atom stereocenters. The second-order valence-corrected chi connectivity index (χ2v) is 9.11. The Hall–Kier alpha value is -3.66. The quantitative estimate of drug-likeness (QED) is 0.342. The van der Waals surface area contributed by atoms with Crippen LogP contribution < -0.4 is 5.32 Å². The number of rotatable bonds is 7. The minimum atomic E-state index is -0.0917. The van der Waals surface area contributed by atoms with Gasteiger partial charge in [0, 0.05) is 5.69 Å². The highest BCUT2D eigenvalue weighted by Crippen LogP contribution is 2.30. The molecule has 1 aromatic heterocycles. The number of amides is 1. The van der Waals surface area contributed by atoms with Gasteiger partial charge in [-0.15, -0.1) is 0 Å². The highest BCUT2D eigenvalue weighted by atomic mass is 16.2. The zero-order valence-corrected chi connectivity index (χ0v) is 19.7. The van der Waals surface area contributed by atoms with Crippen molar-refractivity contribution in [2.45, 2.75) is 51.5 Å². The van der Waals surface area contributed by atoms with Crippen LogP contribution in [0.3, 0.4) is 0 Å². The Morgan fingerprint density at radius 2 is 1.74 bits per heavy atom. The van der Waals surface area contributed by atoms with Crippen molar-refractivity contribution in [3.8, 4) is 16.8 Å². The van der Waals surface area contributed by atoms with Gasteiger partial charge >= 0.3 is 0 Å². The number of hydrogen-bond acceptors (Lipinski definition) is 2. The number of carbonyl (C=O) groups excluding carboxylic acids is 1. The molecule has 3 aromatic carbocycles. The van der Waals surface area contributed by atoms with Crippen molar-refractivity contribution < 1.29 is 4.79 Å². The summed E-state index contributed by atoms with van der Waals surface area (Å²) in [5.41, 5.74) is 7.80. The summed E-state index contributed by atoms with van der Waals surface area (Å²) in [5, 5.41) is 3.24. The molecule has 0 radical (unpaired) electrons. The predicted molar refractivity (Wildman–Crippen MR) is 137 cm³/mol. The van der Waals surface area contributed by atoms with Gasteiger partial charge in [0.05, 0.1) is 18.6 Å². The number of benzene rings is 3. The van der Waals surface area contributed by atoms with E-state index in [0.29, 0.717) is 5.69 Å². The number of hydrogen-bond donors (Lipinski definition) is 1. The molecule has 4 aromatic rings. The molecule has 0 spiro atoms. The molecule has 4 heteroatoms. The zero-order chi connectivity index (χ0) is 23.3. The standard InChI is InChI=1S/C30H31N3O/c1-2-3-7-22-12-14-23(15-13-22)24-16-18-26(19-17-24)33-21-31-20-29(33)30(34)32-28-11-6-9-25-8-4-5-10-27(25)28/h4-5,8,10,12-21,28H,2-3,6-7,9,11H2,1H3,(H,32,34)/t28-/m1/s1. The number of aromatic nitrogens is 2. The molecular weight excluding hydrogens is 418 g/mol. The number of unbranched alkanes of at least 4 members (excludes halogenated alkanes) is 1. The summed E-state index contributed by atoms with van der Waals surface area (Å²) in [6, 6.07) is 25.6. The molecule has 0 bridgehead atoms. The van der Waals surface area contributed by atoms with Gasteiger partial charge in [-0.3, -0.25) is 9.36 Å². The average Bonchev–Trinajstić information content (AvgIpc) is 3.38. The van der Waals surface area contributed by atoms with E-state index in [-0.39, 0.29) is 11.9 Å². The Kier molecular flexibility index (Phi) is 6.57. The van der Waals surface area contributed by atoms with Crippen LogP contribution in [0.25, 0.3) is 16.8 Å². The van der Waals surface area contributed by atoms with E-state index in [2.05, 4.69) is 84.0 Å². The summed E-state index contributed by atoms with van der Waals surface area (Å²) < 4.78 is 1.86. The molecule has 1 aliphatic carbocycles. The van der Waals surface area contributed by atoms with Crippen LogP contribution in [-0.4, -0.2) is 15.5 Å².